The molecule has 6 saturated heterocycles. The van der Waals surface area contributed by atoms with Crippen molar-refractivity contribution in [1.29, 1.82) is 0 Å². The maximum atomic E-state index is 14.5. The van der Waals surface area contributed by atoms with Crippen LogP contribution < -0.4 is 88.7 Å². The summed E-state index contributed by atoms with van der Waals surface area (Å²) >= 11 is 0. The van der Waals surface area contributed by atoms with Gasteiger partial charge in [0.1, 0.15) is 109 Å². The van der Waals surface area contributed by atoms with Gasteiger partial charge in [-0.25, -0.2) is 25.3 Å². The van der Waals surface area contributed by atoms with Crippen molar-refractivity contribution >= 4 is 37.2 Å². The number of esters is 1. The molecule has 0 radical (unpaired) electrons. The van der Waals surface area contributed by atoms with Gasteiger partial charge in [0.25, 0.3) is 0 Å². The summed E-state index contributed by atoms with van der Waals surface area (Å²) in [6, 6.07) is 0. The first-order chi connectivity index (χ1) is 44.6. The van der Waals surface area contributed by atoms with Crippen molar-refractivity contribution < 1.29 is 248 Å². The largest absolute Gasteiger partial charge is 1.00 e. The fourth-order valence-corrected chi connectivity index (χ4v) is 18.8. The van der Waals surface area contributed by atoms with E-state index in [2.05, 4.69) is 41.8 Å². The summed E-state index contributed by atoms with van der Waals surface area (Å²) < 4.78 is 191. The van der Waals surface area contributed by atoms with Gasteiger partial charge in [-0.05, 0) is 108 Å². The molecule has 6 aliphatic heterocycles. The number of hydrogen-bond acceptors (Lipinski definition) is 34. The molecule has 3 saturated carbocycles. The zero-order valence-corrected chi connectivity index (χ0v) is 65.7. The van der Waals surface area contributed by atoms with Crippen LogP contribution in [-0.2, 0) is 105 Å². The summed E-state index contributed by atoms with van der Waals surface area (Å²) in [7, 11) is -15.6. The molecular weight excluding hydrogens is 1420 g/mol. The number of aliphatic hydroxyl groups is 9. The smallest absolute Gasteiger partial charge is 0.726 e. The topological polar surface area (TPSA) is 509 Å². The molecule has 10 aliphatic rings. The van der Waals surface area contributed by atoms with E-state index >= 15 is 0 Å². The van der Waals surface area contributed by atoms with E-state index in [9.17, 15) is 89.7 Å². The molecule has 1 spiro atoms. The number of fused-ring (bicyclic) bond motifs is 4. The van der Waals surface area contributed by atoms with Crippen LogP contribution in [0.5, 0.6) is 0 Å². The minimum Gasteiger partial charge on any atom is -0.726 e. The quantitative estimate of drug-likeness (QED) is 0.0151. The van der Waals surface area contributed by atoms with Crippen LogP contribution in [0.3, 0.4) is 0 Å². The van der Waals surface area contributed by atoms with Crippen LogP contribution in [0.15, 0.2) is 23.8 Å². The predicted molar refractivity (Wildman–Crippen MR) is 313 cm³/mol. The maximum absolute atomic E-state index is 14.5. The molecule has 0 aromatic rings. The average molecular weight is 1510 g/mol. The molecule has 99 heavy (non-hydrogen) atoms. The third-order valence-corrected chi connectivity index (χ3v) is 23.9. The Morgan fingerprint density at radius 1 is 0.606 bits per heavy atom. The van der Waals surface area contributed by atoms with Crippen molar-refractivity contribution in [2.75, 3.05) is 33.5 Å². The summed E-state index contributed by atoms with van der Waals surface area (Å²) in [5.74, 6) is -0.0762. The van der Waals surface area contributed by atoms with Gasteiger partial charge in [-0.15, -0.1) is 6.58 Å². The Hall–Kier alpha value is 0.760. The van der Waals surface area contributed by atoms with Crippen LogP contribution in [0.1, 0.15) is 113 Å². The molecule has 552 valence electrons. The van der Waals surface area contributed by atoms with Crippen LogP contribution in [0, 0.1) is 39.4 Å². The molecule has 9 N–H and O–H groups in total. The van der Waals surface area contributed by atoms with Gasteiger partial charge >= 0.3 is 94.6 Å². The van der Waals surface area contributed by atoms with Crippen LogP contribution in [-0.4, -0.2) is 277 Å². The van der Waals surface area contributed by atoms with Crippen LogP contribution >= 0.6 is 0 Å². The number of rotatable bonds is 23. The molecular formula is C59H91Na3O34S3. The molecule has 31 atom stereocenters. The SMILES string of the molecule is C=C(C)CCC[C@]1(C)OC(=O)C23CCC4C(=CCC5C(C)(C)C(OC6OCC(OS(=O)(=O)[O-])C(O)C6OC6OC(C)C(OC7OC(COS(=O)(=O)[O-])C(O)C(OC8OC(COS(=O)(=O)[O-])C(O)C(OC)C8O)C7O)C(O)C6OC6OCC(O)C(O)C6O)CC[C@]45C)[C@]2(C)CCC31.[Na+].[Na+].[Na+]. The third kappa shape index (κ3) is 17.5. The number of aliphatic hydroxyl groups excluding tert-OH is 9. The van der Waals surface area contributed by atoms with Gasteiger partial charge in [0.2, 0.25) is 31.2 Å². The van der Waals surface area contributed by atoms with Gasteiger partial charge in [0, 0.05) is 18.4 Å². The first-order valence-electron chi connectivity index (χ1n) is 32.1. The number of cyclic esters (lactones) is 1. The van der Waals surface area contributed by atoms with Gasteiger partial charge in [0.05, 0.1) is 44.1 Å². The van der Waals surface area contributed by atoms with E-state index < -0.39 is 227 Å². The van der Waals surface area contributed by atoms with Crippen LogP contribution in [0.2, 0.25) is 0 Å². The Balaban J connectivity index is 0.00000459. The van der Waals surface area contributed by atoms with Crippen molar-refractivity contribution in [3.63, 3.8) is 0 Å². The van der Waals surface area contributed by atoms with Crippen LogP contribution in [0.25, 0.3) is 0 Å². The van der Waals surface area contributed by atoms with E-state index in [4.69, 9.17) is 61.0 Å². The van der Waals surface area contributed by atoms with Crippen molar-refractivity contribution in [2.24, 2.45) is 39.4 Å². The summed E-state index contributed by atoms with van der Waals surface area (Å²) in [6.45, 7) is 14.0. The molecule has 0 bridgehead atoms. The Morgan fingerprint density at radius 3 is 1.75 bits per heavy atom. The number of allylic oxidation sites excluding steroid dienone is 3. The molecule has 28 unspecified atom stereocenters. The number of carbonyl (C=O) groups excluding carboxylic acids is 1. The third-order valence-electron chi connectivity index (χ3n) is 22.5. The van der Waals surface area contributed by atoms with E-state index in [1.165, 1.54) is 12.5 Å². The van der Waals surface area contributed by atoms with Crippen molar-refractivity contribution in [1.82, 2.24) is 0 Å². The molecule has 0 aromatic carbocycles. The Labute approximate surface area is 641 Å². The summed E-state index contributed by atoms with van der Waals surface area (Å²) in [6.07, 6.45) is -37.6. The minimum absolute atomic E-state index is 0. The van der Waals surface area contributed by atoms with E-state index in [0.717, 1.165) is 51.2 Å². The first-order valence-corrected chi connectivity index (χ1v) is 36.1. The molecule has 40 heteroatoms. The second-order valence-corrected chi connectivity index (χ2v) is 31.8. The van der Waals surface area contributed by atoms with Gasteiger partial charge in [0.15, 0.2) is 31.5 Å². The average Bonchev–Trinajstić information content (AvgIpc) is 1.53. The number of methoxy groups -OCH3 is 1. The number of ether oxygens (including phenoxy) is 12. The summed E-state index contributed by atoms with van der Waals surface area (Å²) in [5.41, 5.74) is -0.455. The molecule has 4 aliphatic carbocycles. The Bertz CT molecular complexity index is 3180. The van der Waals surface area contributed by atoms with E-state index in [-0.39, 0.29) is 118 Å². The summed E-state index contributed by atoms with van der Waals surface area (Å²) in [4.78, 5) is 14.5. The second kappa shape index (κ2) is 33.1. The van der Waals surface area contributed by atoms with Gasteiger partial charge in [-0.1, -0.05) is 44.9 Å². The molecule has 0 aromatic heterocycles. The predicted octanol–water partition coefficient (Wildman–Crippen LogP) is -11.5. The minimum atomic E-state index is -5.58. The van der Waals surface area contributed by atoms with Crippen LogP contribution in [0.4, 0.5) is 0 Å². The van der Waals surface area contributed by atoms with E-state index in [1.807, 2.05) is 20.8 Å². The molecule has 34 nitrogen and oxygen atoms in total. The number of carbonyl (C=O) groups is 1. The Kier molecular flexibility index (Phi) is 29.1. The molecule has 6 heterocycles. The van der Waals surface area contributed by atoms with Crippen molar-refractivity contribution in [3.05, 3.63) is 23.8 Å². The second-order valence-electron chi connectivity index (χ2n) is 28.7. The van der Waals surface area contributed by atoms with Crippen molar-refractivity contribution in [2.45, 2.75) is 266 Å². The fraction of sp³-hybridized carbons (Fsp3) is 0.915. The molecule has 9 fully saturated rings. The van der Waals surface area contributed by atoms with Gasteiger partial charge in [-0.3, -0.25) is 17.3 Å². The molecule has 10 rings (SSSR count). The van der Waals surface area contributed by atoms with Gasteiger partial charge < -0.3 is 116 Å². The van der Waals surface area contributed by atoms with E-state index in [1.54, 1.807) is 0 Å². The zero-order valence-electron chi connectivity index (χ0n) is 57.2. The standard InChI is InChI=1S/C59H94O34S3.3Na/c1-25(2)11-10-17-58(8)34-15-19-57(7)28-12-13-33-55(4,5)35(16-18-56(33,6)27(28)14-20-59(34,57)54(69)92-58)87-52-47(39(64)32(22-81-52)93-96(76,77)78)91-53-48(90-49-40(65)36(61)29(60)21-80-49)41(66)44(26(3)84-53)88-51-43(68)46(38(63)31(86-51)24-83-95(73,74)75)89-50-42(67)45(79-9)37(62)30(85-50)23-82-94(70,71)72;;;/h12,26-27,29-53,60-68H,1,10-11,13-24H2,2-9H3,(H,70,71,72)(H,73,74,75)(H,76,77,78);;;/q;3*+1/p-3/t26?,27?,29?,30?,31?,32?,33?,34?,35?,36?,37?,38?,39?,40?,41?,42?,43?,44?,45?,46?,47?,48?,49?,50?,51?,52?,53?,56-,57+,58+,59?;;;/m1.../s1. The number of hydrogen-bond donors (Lipinski definition) is 9. The Morgan fingerprint density at radius 2 is 1.16 bits per heavy atom. The fourth-order valence-electron chi connectivity index (χ4n) is 17.7. The van der Waals surface area contributed by atoms with Gasteiger partial charge in [-0.2, -0.15) is 0 Å². The normalized spacial score (nSPS) is 46.7. The zero-order chi connectivity index (χ0) is 70.5. The monoisotopic (exact) mass is 1510 g/mol. The maximum Gasteiger partial charge on any atom is 1.00 e. The first kappa shape index (κ1) is 87.0. The van der Waals surface area contributed by atoms with Crippen molar-refractivity contribution in [3.8, 4) is 0 Å². The van der Waals surface area contributed by atoms with E-state index in [0.29, 0.717) is 25.7 Å². The molecule has 0 amide bonds. The summed E-state index contributed by atoms with van der Waals surface area (Å²) in [5, 5.41) is 102.